The van der Waals surface area contributed by atoms with E-state index in [0.29, 0.717) is 5.13 Å². The van der Waals surface area contributed by atoms with Gasteiger partial charge < -0.3 is 10.2 Å². The molecule has 0 radical (unpaired) electrons. The van der Waals surface area contributed by atoms with Crippen molar-refractivity contribution in [3.05, 3.63) is 36.5 Å². The van der Waals surface area contributed by atoms with Crippen LogP contribution in [0.2, 0.25) is 0 Å². The molecule has 23 heavy (non-hydrogen) atoms. The van der Waals surface area contributed by atoms with Crippen LogP contribution in [0.3, 0.4) is 0 Å². The van der Waals surface area contributed by atoms with E-state index >= 15 is 0 Å². The lowest BCUT2D eigenvalue weighted by molar-refractivity contribution is -0.121. The van der Waals surface area contributed by atoms with E-state index in [1.54, 1.807) is 0 Å². The third-order valence-electron chi connectivity index (χ3n) is 3.88. The van der Waals surface area contributed by atoms with Gasteiger partial charge in [-0.05, 0) is 38.5 Å². The minimum absolute atomic E-state index is 0.108. The van der Waals surface area contributed by atoms with Gasteiger partial charge in [0.25, 0.3) is 0 Å². The number of thiazole rings is 1. The van der Waals surface area contributed by atoms with Crippen LogP contribution in [-0.4, -0.2) is 35.9 Å². The summed E-state index contributed by atoms with van der Waals surface area (Å²) in [5.41, 5.74) is 1.13. The average molecular weight is 331 g/mol. The van der Waals surface area contributed by atoms with Crippen LogP contribution in [0.25, 0.3) is 10.4 Å². The molecule has 0 bridgehead atoms. The fourth-order valence-electron chi connectivity index (χ4n) is 2.55. The molecule has 0 spiro atoms. The Morgan fingerprint density at radius 1 is 1.22 bits per heavy atom. The van der Waals surface area contributed by atoms with Gasteiger partial charge in [0.05, 0.1) is 4.88 Å². The summed E-state index contributed by atoms with van der Waals surface area (Å²) in [4.78, 5) is 19.9. The highest BCUT2D eigenvalue weighted by Crippen LogP contribution is 2.29. The molecule has 1 saturated heterocycles. The lowest BCUT2D eigenvalue weighted by atomic mass is 9.96. The number of likely N-dealkylation sites (tertiary alicyclic amines) is 1. The van der Waals surface area contributed by atoms with Crippen LogP contribution in [0.5, 0.6) is 0 Å². The van der Waals surface area contributed by atoms with Gasteiger partial charge in [0.15, 0.2) is 5.13 Å². The second-order valence-electron chi connectivity index (χ2n) is 5.46. The second kappa shape index (κ2) is 8.79. The van der Waals surface area contributed by atoms with Crippen molar-refractivity contribution in [2.45, 2.75) is 26.7 Å². The number of piperidine rings is 1. The predicted molar refractivity (Wildman–Crippen MR) is 97.7 cm³/mol. The van der Waals surface area contributed by atoms with Crippen molar-refractivity contribution >= 4 is 22.4 Å². The third-order valence-corrected chi connectivity index (χ3v) is 4.85. The van der Waals surface area contributed by atoms with Gasteiger partial charge >= 0.3 is 0 Å². The van der Waals surface area contributed by atoms with E-state index in [4.69, 9.17) is 0 Å². The molecule has 1 aliphatic heterocycles. The Labute approximate surface area is 142 Å². The zero-order valence-electron chi connectivity index (χ0n) is 14.1. The number of hydrogen-bond acceptors (Lipinski definition) is 4. The maximum atomic E-state index is 12.3. The molecular formula is C18H25N3OS. The molecule has 5 heteroatoms. The van der Waals surface area contributed by atoms with E-state index in [-0.39, 0.29) is 11.8 Å². The van der Waals surface area contributed by atoms with Crippen molar-refractivity contribution in [1.82, 2.24) is 9.88 Å². The minimum Gasteiger partial charge on any atom is -0.306 e. The van der Waals surface area contributed by atoms with Crippen LogP contribution in [0.4, 0.5) is 5.13 Å². The Morgan fingerprint density at radius 2 is 1.87 bits per heavy atom. The Kier molecular flexibility index (Phi) is 6.74. The standard InChI is InChI=1S/C16H19N3OS.C2H6/c1-19-9-7-13(8-10-19)15(20)18-16-17-11-14(21-16)12-5-3-2-4-6-12;1-2/h2-6,11,13H,7-10H2,1H3,(H,17,18,20);1-2H3. The molecule has 4 nitrogen and oxygen atoms in total. The number of benzene rings is 1. The predicted octanol–water partition coefficient (Wildman–Crippen LogP) is 4.12. The van der Waals surface area contributed by atoms with Gasteiger partial charge in [-0.2, -0.15) is 0 Å². The molecule has 0 unspecified atom stereocenters. The fourth-order valence-corrected chi connectivity index (χ4v) is 3.37. The summed E-state index contributed by atoms with van der Waals surface area (Å²) < 4.78 is 0. The Hall–Kier alpha value is -1.72. The number of carbonyl (C=O) groups is 1. The van der Waals surface area contributed by atoms with Crippen LogP contribution in [0.1, 0.15) is 26.7 Å². The summed E-state index contributed by atoms with van der Waals surface area (Å²) >= 11 is 1.53. The fraction of sp³-hybridized carbons (Fsp3) is 0.444. The van der Waals surface area contributed by atoms with Crippen molar-refractivity contribution in [2.75, 3.05) is 25.5 Å². The van der Waals surface area contributed by atoms with Gasteiger partial charge in [0.1, 0.15) is 0 Å². The Balaban J connectivity index is 0.000000924. The van der Waals surface area contributed by atoms with Gasteiger partial charge in [0.2, 0.25) is 5.91 Å². The zero-order valence-corrected chi connectivity index (χ0v) is 14.9. The zero-order chi connectivity index (χ0) is 16.7. The molecule has 1 aliphatic rings. The molecule has 124 valence electrons. The molecule has 0 atom stereocenters. The summed E-state index contributed by atoms with van der Waals surface area (Å²) in [6.45, 7) is 5.98. The lowest BCUT2D eigenvalue weighted by Gasteiger charge is -2.27. The highest BCUT2D eigenvalue weighted by molar-refractivity contribution is 7.19. The van der Waals surface area contributed by atoms with Crippen molar-refractivity contribution in [3.63, 3.8) is 0 Å². The Morgan fingerprint density at radius 3 is 2.52 bits per heavy atom. The number of nitrogens with one attached hydrogen (secondary N) is 1. The first-order valence-corrected chi connectivity index (χ1v) is 9.04. The highest BCUT2D eigenvalue weighted by Gasteiger charge is 2.23. The number of rotatable bonds is 3. The molecular weight excluding hydrogens is 306 g/mol. The quantitative estimate of drug-likeness (QED) is 0.920. The number of anilines is 1. The van der Waals surface area contributed by atoms with Gasteiger partial charge in [-0.1, -0.05) is 55.5 Å². The summed E-state index contributed by atoms with van der Waals surface area (Å²) in [6, 6.07) is 10.1. The number of hydrogen-bond donors (Lipinski definition) is 1. The van der Waals surface area contributed by atoms with E-state index in [1.807, 2.05) is 38.2 Å². The van der Waals surface area contributed by atoms with E-state index in [0.717, 1.165) is 36.4 Å². The summed E-state index contributed by atoms with van der Waals surface area (Å²) in [6.07, 6.45) is 3.68. The van der Waals surface area contributed by atoms with Gasteiger partial charge in [-0.25, -0.2) is 4.98 Å². The highest BCUT2D eigenvalue weighted by atomic mass is 32.1. The molecule has 0 saturated carbocycles. The first-order valence-electron chi connectivity index (χ1n) is 8.23. The minimum atomic E-state index is 0.108. The van der Waals surface area contributed by atoms with Crippen molar-refractivity contribution in [2.24, 2.45) is 5.92 Å². The SMILES string of the molecule is CC.CN1CCC(C(=O)Nc2ncc(-c3ccccc3)s2)CC1. The van der Waals surface area contributed by atoms with Crippen LogP contribution < -0.4 is 5.32 Å². The number of carbonyl (C=O) groups excluding carboxylic acids is 1. The molecule has 3 rings (SSSR count). The van der Waals surface area contributed by atoms with Crippen LogP contribution >= 0.6 is 11.3 Å². The monoisotopic (exact) mass is 331 g/mol. The van der Waals surface area contributed by atoms with Crippen molar-refractivity contribution in [3.8, 4) is 10.4 Å². The van der Waals surface area contributed by atoms with E-state index in [2.05, 4.69) is 34.4 Å². The average Bonchev–Trinajstić information content (AvgIpc) is 3.06. The third kappa shape index (κ3) is 4.88. The molecule has 0 aliphatic carbocycles. The Bertz CT molecular complexity index is 604. The van der Waals surface area contributed by atoms with Crippen molar-refractivity contribution in [1.29, 1.82) is 0 Å². The van der Waals surface area contributed by atoms with E-state index in [9.17, 15) is 4.79 Å². The summed E-state index contributed by atoms with van der Waals surface area (Å²) in [5, 5.41) is 3.66. The normalized spacial score (nSPS) is 15.6. The van der Waals surface area contributed by atoms with Crippen LogP contribution in [0, 0.1) is 5.92 Å². The molecule has 1 N–H and O–H groups in total. The van der Waals surface area contributed by atoms with Crippen LogP contribution in [0.15, 0.2) is 36.5 Å². The number of aromatic nitrogens is 1. The molecule has 1 aromatic heterocycles. The maximum Gasteiger partial charge on any atom is 0.229 e. The topological polar surface area (TPSA) is 45.2 Å². The first kappa shape index (κ1) is 17.6. The molecule has 2 aromatic rings. The summed E-state index contributed by atoms with van der Waals surface area (Å²) in [7, 11) is 2.10. The summed E-state index contributed by atoms with van der Waals surface area (Å²) in [5.74, 6) is 0.224. The molecule has 1 amide bonds. The number of amides is 1. The van der Waals surface area contributed by atoms with E-state index in [1.165, 1.54) is 11.3 Å². The lowest BCUT2D eigenvalue weighted by Crippen LogP contribution is -2.35. The largest absolute Gasteiger partial charge is 0.306 e. The van der Waals surface area contributed by atoms with Gasteiger partial charge in [-0.15, -0.1) is 0 Å². The maximum absolute atomic E-state index is 12.3. The molecule has 2 heterocycles. The molecule has 1 fully saturated rings. The van der Waals surface area contributed by atoms with Gasteiger partial charge in [0, 0.05) is 12.1 Å². The van der Waals surface area contributed by atoms with Crippen molar-refractivity contribution < 1.29 is 4.79 Å². The number of nitrogens with zero attached hydrogens (tertiary/aromatic N) is 2. The van der Waals surface area contributed by atoms with Crippen LogP contribution in [-0.2, 0) is 4.79 Å². The smallest absolute Gasteiger partial charge is 0.229 e. The van der Waals surface area contributed by atoms with E-state index < -0.39 is 0 Å². The first-order chi connectivity index (χ1) is 11.2. The molecule has 1 aromatic carbocycles. The second-order valence-corrected chi connectivity index (χ2v) is 6.49. The van der Waals surface area contributed by atoms with Gasteiger partial charge in [-0.3, -0.25) is 4.79 Å².